The zero-order valence-electron chi connectivity index (χ0n) is 12.6. The summed E-state index contributed by atoms with van der Waals surface area (Å²) in [5.41, 5.74) is 0.599. The number of nitrogens with zero attached hydrogens (tertiary/aromatic N) is 1. The number of rotatable bonds is 3. The van der Waals surface area contributed by atoms with Crippen LogP contribution in [0.4, 0.5) is 5.69 Å². The number of nitrogens with one attached hydrogen (secondary N) is 1. The molecule has 5 nitrogen and oxygen atoms in total. The highest BCUT2D eigenvalue weighted by Gasteiger charge is 2.25. The van der Waals surface area contributed by atoms with Gasteiger partial charge in [0.25, 0.3) is 0 Å². The number of carbonyl (C=O) groups is 2. The van der Waals surface area contributed by atoms with Gasteiger partial charge in [0.05, 0.1) is 6.61 Å². The molecule has 1 aliphatic rings. The molecule has 1 aliphatic heterocycles. The first-order chi connectivity index (χ1) is 10.1. The third-order valence-corrected chi connectivity index (χ3v) is 3.69. The van der Waals surface area contributed by atoms with Crippen molar-refractivity contribution in [1.82, 2.24) is 4.90 Å². The summed E-state index contributed by atoms with van der Waals surface area (Å²) in [6.07, 6.45) is 1.92. The van der Waals surface area contributed by atoms with Gasteiger partial charge < -0.3 is 15.0 Å². The molecule has 114 valence electrons. The molecule has 0 spiro atoms. The van der Waals surface area contributed by atoms with E-state index >= 15 is 0 Å². The summed E-state index contributed by atoms with van der Waals surface area (Å²) < 4.78 is 5.33. The van der Waals surface area contributed by atoms with E-state index in [0.29, 0.717) is 31.3 Å². The van der Waals surface area contributed by atoms with E-state index in [-0.39, 0.29) is 0 Å². The maximum Gasteiger partial charge on any atom is 0.313 e. The van der Waals surface area contributed by atoms with E-state index in [2.05, 4.69) is 12.2 Å². The molecule has 1 aromatic carbocycles. The molecule has 1 heterocycles. The van der Waals surface area contributed by atoms with Gasteiger partial charge >= 0.3 is 11.8 Å². The standard InChI is InChI=1S/C16H22N2O3/c1-3-21-14-6-4-13(5-7-14)17-15(19)16(20)18-10-8-12(2)9-11-18/h4-7,12H,3,8-11H2,1-2H3,(H,17,19). The summed E-state index contributed by atoms with van der Waals surface area (Å²) in [7, 11) is 0. The summed E-state index contributed by atoms with van der Waals surface area (Å²) in [4.78, 5) is 25.7. The lowest BCUT2D eigenvalue weighted by atomic mass is 9.99. The molecule has 0 atom stereocenters. The number of benzene rings is 1. The van der Waals surface area contributed by atoms with Crippen molar-refractivity contribution in [2.24, 2.45) is 5.92 Å². The Morgan fingerprint density at radius 3 is 2.43 bits per heavy atom. The molecule has 1 saturated heterocycles. The van der Waals surface area contributed by atoms with Crippen LogP contribution in [-0.2, 0) is 9.59 Å². The minimum Gasteiger partial charge on any atom is -0.494 e. The molecule has 0 saturated carbocycles. The van der Waals surface area contributed by atoms with Crippen molar-refractivity contribution in [2.45, 2.75) is 26.7 Å². The fourth-order valence-corrected chi connectivity index (χ4v) is 2.34. The average molecular weight is 290 g/mol. The van der Waals surface area contributed by atoms with E-state index in [4.69, 9.17) is 4.74 Å². The molecule has 0 radical (unpaired) electrons. The molecule has 1 N–H and O–H groups in total. The minimum absolute atomic E-state index is 0.448. The van der Waals surface area contributed by atoms with E-state index in [1.54, 1.807) is 29.2 Å². The Kier molecular flexibility index (Phi) is 5.20. The lowest BCUT2D eigenvalue weighted by molar-refractivity contribution is -0.144. The van der Waals surface area contributed by atoms with Gasteiger partial charge in [-0.05, 0) is 49.9 Å². The van der Waals surface area contributed by atoms with Crippen LogP contribution in [0.1, 0.15) is 26.7 Å². The Morgan fingerprint density at radius 2 is 1.86 bits per heavy atom. The summed E-state index contributed by atoms with van der Waals surface area (Å²) in [6.45, 7) is 6.00. The molecular formula is C16H22N2O3. The Labute approximate surface area is 125 Å². The third kappa shape index (κ3) is 4.21. The van der Waals surface area contributed by atoms with Crippen LogP contribution < -0.4 is 10.1 Å². The van der Waals surface area contributed by atoms with Gasteiger partial charge in [-0.25, -0.2) is 0 Å². The molecule has 0 aliphatic carbocycles. The topological polar surface area (TPSA) is 58.6 Å². The lowest BCUT2D eigenvalue weighted by Crippen LogP contribution is -2.43. The van der Waals surface area contributed by atoms with Crippen molar-refractivity contribution in [3.63, 3.8) is 0 Å². The highest BCUT2D eigenvalue weighted by atomic mass is 16.5. The molecular weight excluding hydrogens is 268 g/mol. The van der Waals surface area contributed by atoms with E-state index in [9.17, 15) is 9.59 Å². The molecule has 1 fully saturated rings. The van der Waals surface area contributed by atoms with Gasteiger partial charge in [-0.3, -0.25) is 9.59 Å². The summed E-state index contributed by atoms with van der Waals surface area (Å²) >= 11 is 0. The number of anilines is 1. The van der Waals surface area contributed by atoms with Crippen molar-refractivity contribution >= 4 is 17.5 Å². The smallest absolute Gasteiger partial charge is 0.313 e. The second-order valence-electron chi connectivity index (χ2n) is 5.39. The Balaban J connectivity index is 1.89. The Hall–Kier alpha value is -2.04. The lowest BCUT2D eigenvalue weighted by Gasteiger charge is -2.29. The fraction of sp³-hybridized carbons (Fsp3) is 0.500. The first kappa shape index (κ1) is 15.4. The van der Waals surface area contributed by atoms with E-state index in [1.165, 1.54) is 0 Å². The average Bonchev–Trinajstić information content (AvgIpc) is 2.49. The van der Waals surface area contributed by atoms with Crippen molar-refractivity contribution in [1.29, 1.82) is 0 Å². The molecule has 0 bridgehead atoms. The number of likely N-dealkylation sites (tertiary alicyclic amines) is 1. The summed E-state index contributed by atoms with van der Waals surface area (Å²) in [5, 5.41) is 2.63. The second-order valence-corrected chi connectivity index (χ2v) is 5.39. The number of amides is 2. The molecule has 2 rings (SSSR count). The van der Waals surface area contributed by atoms with Crippen LogP contribution in [0.5, 0.6) is 5.75 Å². The Bertz CT molecular complexity index is 491. The normalized spacial score (nSPS) is 15.6. The van der Waals surface area contributed by atoms with E-state index < -0.39 is 11.8 Å². The van der Waals surface area contributed by atoms with Crippen LogP contribution in [-0.4, -0.2) is 36.4 Å². The van der Waals surface area contributed by atoms with Gasteiger partial charge in [-0.15, -0.1) is 0 Å². The molecule has 21 heavy (non-hydrogen) atoms. The number of ether oxygens (including phenoxy) is 1. The highest BCUT2D eigenvalue weighted by Crippen LogP contribution is 2.18. The van der Waals surface area contributed by atoms with Gasteiger partial charge in [-0.1, -0.05) is 6.92 Å². The first-order valence-electron chi connectivity index (χ1n) is 7.43. The number of hydrogen-bond donors (Lipinski definition) is 1. The number of piperidine rings is 1. The second kappa shape index (κ2) is 7.11. The van der Waals surface area contributed by atoms with E-state index in [1.807, 2.05) is 6.92 Å². The van der Waals surface area contributed by atoms with Crippen LogP contribution in [0.25, 0.3) is 0 Å². The number of hydrogen-bond acceptors (Lipinski definition) is 3. The quantitative estimate of drug-likeness (QED) is 0.869. The van der Waals surface area contributed by atoms with Crippen LogP contribution in [0.2, 0.25) is 0 Å². The van der Waals surface area contributed by atoms with Crippen molar-refractivity contribution in [3.8, 4) is 5.75 Å². The predicted octanol–water partition coefficient (Wildman–Crippen LogP) is 2.28. The maximum absolute atomic E-state index is 12.1. The zero-order valence-corrected chi connectivity index (χ0v) is 12.6. The monoisotopic (exact) mass is 290 g/mol. The van der Waals surface area contributed by atoms with Gasteiger partial charge in [0.2, 0.25) is 0 Å². The fourth-order valence-electron chi connectivity index (χ4n) is 2.34. The number of carbonyl (C=O) groups excluding carboxylic acids is 2. The van der Waals surface area contributed by atoms with Gasteiger partial charge in [0.1, 0.15) is 5.75 Å². The van der Waals surface area contributed by atoms with Crippen LogP contribution >= 0.6 is 0 Å². The van der Waals surface area contributed by atoms with Gasteiger partial charge in [0.15, 0.2) is 0 Å². The SMILES string of the molecule is CCOc1ccc(NC(=O)C(=O)N2CCC(C)CC2)cc1. The van der Waals surface area contributed by atoms with Crippen LogP contribution in [0.15, 0.2) is 24.3 Å². The third-order valence-electron chi connectivity index (χ3n) is 3.69. The van der Waals surface area contributed by atoms with Gasteiger partial charge in [0, 0.05) is 18.8 Å². The van der Waals surface area contributed by atoms with Crippen LogP contribution in [0, 0.1) is 5.92 Å². The van der Waals surface area contributed by atoms with Crippen molar-refractivity contribution in [2.75, 3.05) is 25.0 Å². The Morgan fingerprint density at radius 1 is 1.24 bits per heavy atom. The minimum atomic E-state index is -0.575. The molecule has 1 aromatic rings. The molecule has 0 aromatic heterocycles. The molecule has 5 heteroatoms. The summed E-state index contributed by atoms with van der Waals surface area (Å²) in [6, 6.07) is 7.00. The predicted molar refractivity (Wildman–Crippen MR) is 81.2 cm³/mol. The largest absolute Gasteiger partial charge is 0.494 e. The molecule has 0 unspecified atom stereocenters. The summed E-state index contributed by atoms with van der Waals surface area (Å²) in [5.74, 6) is 0.347. The van der Waals surface area contributed by atoms with Crippen molar-refractivity contribution < 1.29 is 14.3 Å². The highest BCUT2D eigenvalue weighted by molar-refractivity contribution is 6.39. The zero-order chi connectivity index (χ0) is 15.2. The first-order valence-corrected chi connectivity index (χ1v) is 7.43. The van der Waals surface area contributed by atoms with Crippen LogP contribution in [0.3, 0.4) is 0 Å². The molecule has 2 amide bonds. The van der Waals surface area contributed by atoms with Crippen molar-refractivity contribution in [3.05, 3.63) is 24.3 Å². The maximum atomic E-state index is 12.1. The van der Waals surface area contributed by atoms with E-state index in [0.717, 1.165) is 18.6 Å². The van der Waals surface area contributed by atoms with Gasteiger partial charge in [-0.2, -0.15) is 0 Å².